The number of nitriles is 1. The Labute approximate surface area is 188 Å². The molecule has 0 spiro atoms. The van der Waals surface area contributed by atoms with Crippen molar-refractivity contribution in [1.29, 1.82) is 5.26 Å². The zero-order chi connectivity index (χ0) is 21.8. The Morgan fingerprint density at radius 2 is 2.00 bits per heavy atom. The van der Waals surface area contributed by atoms with Crippen LogP contribution in [0.4, 0.5) is 0 Å². The number of aromatic nitrogens is 3. The van der Waals surface area contributed by atoms with Gasteiger partial charge in [-0.1, -0.05) is 23.7 Å². The van der Waals surface area contributed by atoms with Crippen molar-refractivity contribution >= 4 is 0 Å². The molecule has 1 aliphatic carbocycles. The summed E-state index contributed by atoms with van der Waals surface area (Å²) in [6.07, 6.45) is 10.1. The normalized spacial score (nSPS) is 19.7. The van der Waals surface area contributed by atoms with Crippen LogP contribution in [-0.2, 0) is 6.54 Å². The van der Waals surface area contributed by atoms with Crippen molar-refractivity contribution in [2.24, 2.45) is 0 Å². The van der Waals surface area contributed by atoms with Crippen molar-refractivity contribution in [3.8, 4) is 23.3 Å². The molecule has 164 valence electrons. The molecule has 3 aromatic rings. The van der Waals surface area contributed by atoms with Crippen molar-refractivity contribution < 1.29 is 9.26 Å². The smallest absolute Gasteiger partial charge is 0.244 e. The van der Waals surface area contributed by atoms with E-state index in [1.54, 1.807) is 6.20 Å². The SMILES string of the molecule is N#Cc1cccc(CN2CCCC2c2nc(-c3ccc(OC4CCCCC4)nc3)no2)c1. The zero-order valence-electron chi connectivity index (χ0n) is 18.1. The van der Waals surface area contributed by atoms with E-state index < -0.39 is 0 Å². The van der Waals surface area contributed by atoms with Crippen LogP contribution in [0.3, 0.4) is 0 Å². The molecule has 0 bridgehead atoms. The number of hydrogen-bond donors (Lipinski definition) is 0. The highest BCUT2D eigenvalue weighted by molar-refractivity contribution is 5.53. The summed E-state index contributed by atoms with van der Waals surface area (Å²) in [5.74, 6) is 1.84. The monoisotopic (exact) mass is 429 g/mol. The largest absolute Gasteiger partial charge is 0.474 e. The topological polar surface area (TPSA) is 88.1 Å². The second-order valence-electron chi connectivity index (χ2n) is 8.66. The molecule has 3 heterocycles. The lowest BCUT2D eigenvalue weighted by molar-refractivity contribution is 0.148. The second-order valence-corrected chi connectivity index (χ2v) is 8.66. The quantitative estimate of drug-likeness (QED) is 0.541. The molecule has 7 heteroatoms. The number of nitrogens with zero attached hydrogens (tertiary/aromatic N) is 5. The van der Waals surface area contributed by atoms with Gasteiger partial charge in [-0.2, -0.15) is 10.2 Å². The maximum absolute atomic E-state index is 9.15. The van der Waals surface area contributed by atoms with Crippen LogP contribution in [0.2, 0.25) is 0 Å². The Morgan fingerprint density at radius 3 is 2.81 bits per heavy atom. The number of ether oxygens (including phenoxy) is 1. The summed E-state index contributed by atoms with van der Waals surface area (Å²) in [5.41, 5.74) is 2.62. The van der Waals surface area contributed by atoms with Crippen LogP contribution in [0.5, 0.6) is 5.88 Å². The minimum absolute atomic E-state index is 0.0869. The summed E-state index contributed by atoms with van der Waals surface area (Å²) in [7, 11) is 0. The van der Waals surface area contributed by atoms with Gasteiger partial charge in [0.1, 0.15) is 6.10 Å². The van der Waals surface area contributed by atoms with Gasteiger partial charge in [-0.15, -0.1) is 0 Å². The lowest BCUT2D eigenvalue weighted by Crippen LogP contribution is -2.23. The Morgan fingerprint density at radius 1 is 1.09 bits per heavy atom. The fourth-order valence-electron chi connectivity index (χ4n) is 4.69. The predicted octanol–water partition coefficient (Wildman–Crippen LogP) is 5.05. The van der Waals surface area contributed by atoms with E-state index in [2.05, 4.69) is 32.2 Å². The minimum atomic E-state index is 0.0869. The van der Waals surface area contributed by atoms with Gasteiger partial charge < -0.3 is 9.26 Å². The standard InChI is InChI=1S/C25H27N5O2/c26-15-18-6-4-7-19(14-18)17-30-13-5-10-22(30)25-28-24(29-32-25)20-11-12-23(27-16-20)31-21-8-2-1-3-9-21/h4,6-7,11-12,14,16,21-22H,1-3,5,8-10,13,17H2. The van der Waals surface area contributed by atoms with E-state index >= 15 is 0 Å². The van der Waals surface area contributed by atoms with Gasteiger partial charge in [0.2, 0.25) is 17.6 Å². The molecule has 1 saturated carbocycles. The maximum Gasteiger partial charge on any atom is 0.244 e. The van der Waals surface area contributed by atoms with Gasteiger partial charge in [0.05, 0.1) is 17.7 Å². The molecule has 1 aromatic carbocycles. The van der Waals surface area contributed by atoms with Crippen LogP contribution in [0.1, 0.15) is 68.0 Å². The third kappa shape index (κ3) is 4.66. The molecule has 2 aromatic heterocycles. The number of benzene rings is 1. The molecule has 0 amide bonds. The van der Waals surface area contributed by atoms with Crippen LogP contribution in [0.25, 0.3) is 11.4 Å². The van der Waals surface area contributed by atoms with Crippen molar-refractivity contribution in [1.82, 2.24) is 20.0 Å². The number of hydrogen-bond acceptors (Lipinski definition) is 7. The number of pyridine rings is 1. The summed E-state index contributed by atoms with van der Waals surface area (Å²) in [6.45, 7) is 1.72. The van der Waals surface area contributed by atoms with Crippen LogP contribution in [0, 0.1) is 11.3 Å². The van der Waals surface area contributed by atoms with Crippen molar-refractivity contribution in [2.45, 2.75) is 63.6 Å². The highest BCUT2D eigenvalue weighted by Crippen LogP contribution is 2.33. The molecule has 7 nitrogen and oxygen atoms in total. The van der Waals surface area contributed by atoms with Gasteiger partial charge in [-0.3, -0.25) is 4.90 Å². The first kappa shape index (κ1) is 20.7. The molecule has 5 rings (SSSR count). The van der Waals surface area contributed by atoms with E-state index in [9.17, 15) is 0 Å². The molecule has 2 fully saturated rings. The first-order valence-electron chi connectivity index (χ1n) is 11.5. The molecule has 1 unspecified atom stereocenters. The maximum atomic E-state index is 9.15. The fourth-order valence-corrected chi connectivity index (χ4v) is 4.69. The Bertz CT molecular complexity index is 1080. The molecule has 1 aliphatic heterocycles. The molecule has 2 aliphatic rings. The molecule has 0 radical (unpaired) electrons. The third-order valence-electron chi connectivity index (χ3n) is 6.37. The minimum Gasteiger partial charge on any atom is -0.474 e. The first-order chi connectivity index (χ1) is 15.8. The number of rotatable bonds is 6. The summed E-state index contributed by atoms with van der Waals surface area (Å²) in [5, 5.41) is 13.4. The van der Waals surface area contributed by atoms with Gasteiger partial charge >= 0.3 is 0 Å². The Kier molecular flexibility index (Phi) is 6.13. The van der Waals surface area contributed by atoms with Gasteiger partial charge in [0, 0.05) is 24.4 Å². The van der Waals surface area contributed by atoms with Crippen LogP contribution in [0.15, 0.2) is 47.1 Å². The molecular weight excluding hydrogens is 402 g/mol. The molecular formula is C25H27N5O2. The van der Waals surface area contributed by atoms with E-state index in [4.69, 9.17) is 14.5 Å². The van der Waals surface area contributed by atoms with Crippen molar-refractivity contribution in [3.05, 3.63) is 59.6 Å². The lowest BCUT2D eigenvalue weighted by atomic mass is 9.98. The summed E-state index contributed by atoms with van der Waals surface area (Å²) in [4.78, 5) is 11.5. The molecule has 1 atom stereocenters. The lowest BCUT2D eigenvalue weighted by Gasteiger charge is -2.22. The predicted molar refractivity (Wildman–Crippen MR) is 119 cm³/mol. The number of likely N-dealkylation sites (tertiary alicyclic amines) is 1. The van der Waals surface area contributed by atoms with E-state index in [1.165, 1.54) is 19.3 Å². The van der Waals surface area contributed by atoms with Crippen LogP contribution < -0.4 is 4.74 Å². The third-order valence-corrected chi connectivity index (χ3v) is 6.37. The molecule has 32 heavy (non-hydrogen) atoms. The van der Waals surface area contributed by atoms with Gasteiger partial charge in [-0.25, -0.2) is 4.98 Å². The van der Waals surface area contributed by atoms with Crippen molar-refractivity contribution in [2.75, 3.05) is 6.54 Å². The summed E-state index contributed by atoms with van der Waals surface area (Å²) < 4.78 is 11.7. The highest BCUT2D eigenvalue weighted by Gasteiger charge is 2.31. The van der Waals surface area contributed by atoms with E-state index in [1.807, 2.05) is 30.3 Å². The van der Waals surface area contributed by atoms with Crippen molar-refractivity contribution in [3.63, 3.8) is 0 Å². The van der Waals surface area contributed by atoms with Gasteiger partial charge in [0.25, 0.3) is 0 Å². The highest BCUT2D eigenvalue weighted by atomic mass is 16.5. The van der Waals surface area contributed by atoms with E-state index in [0.717, 1.165) is 49.9 Å². The molecule has 1 saturated heterocycles. The molecule has 0 N–H and O–H groups in total. The zero-order valence-corrected chi connectivity index (χ0v) is 18.1. The Balaban J connectivity index is 1.26. The Hall–Kier alpha value is -3.24. The summed E-state index contributed by atoms with van der Waals surface area (Å²) in [6, 6.07) is 13.9. The van der Waals surface area contributed by atoms with Gasteiger partial charge in [0.15, 0.2) is 0 Å². The average molecular weight is 430 g/mol. The fraction of sp³-hybridized carbons (Fsp3) is 0.440. The first-order valence-corrected chi connectivity index (χ1v) is 11.5. The van der Waals surface area contributed by atoms with E-state index in [-0.39, 0.29) is 12.1 Å². The van der Waals surface area contributed by atoms with Crippen LogP contribution in [-0.4, -0.2) is 32.7 Å². The van der Waals surface area contributed by atoms with Gasteiger partial charge in [-0.05, 0) is 68.8 Å². The van der Waals surface area contributed by atoms with E-state index in [0.29, 0.717) is 23.2 Å². The van der Waals surface area contributed by atoms with Crippen LogP contribution >= 0.6 is 0 Å². The summed E-state index contributed by atoms with van der Waals surface area (Å²) >= 11 is 0. The second kappa shape index (κ2) is 9.49. The average Bonchev–Trinajstić information content (AvgIpc) is 3.50.